The first-order chi connectivity index (χ1) is 9.72. The molecule has 1 aliphatic rings. The minimum absolute atomic E-state index is 0.0827. The van der Waals surface area contributed by atoms with Crippen LogP contribution in [0.15, 0.2) is 24.3 Å². The van der Waals surface area contributed by atoms with Crippen LogP contribution < -0.4 is 0 Å². The van der Waals surface area contributed by atoms with E-state index in [9.17, 15) is 24.5 Å². The molecular weight excluding hydrogens is 276 g/mol. The Morgan fingerprint density at radius 2 is 1.86 bits per heavy atom. The number of amides is 2. The van der Waals surface area contributed by atoms with E-state index >= 15 is 0 Å². The quantitative estimate of drug-likeness (QED) is 0.363. The largest absolute Gasteiger partial charge is 0.292 e. The van der Waals surface area contributed by atoms with Gasteiger partial charge in [-0.2, -0.15) is 0 Å². The summed E-state index contributed by atoms with van der Waals surface area (Å²) in [7, 11) is 0. The molecule has 2 amide bonds. The van der Waals surface area contributed by atoms with Gasteiger partial charge in [-0.3, -0.25) is 29.4 Å². The van der Waals surface area contributed by atoms with Crippen LogP contribution in [0.1, 0.15) is 30.6 Å². The molecule has 1 heterocycles. The number of hydrogen-bond donors (Lipinski definition) is 0. The van der Waals surface area contributed by atoms with Crippen LogP contribution in [-0.2, 0) is 9.59 Å². The van der Waals surface area contributed by atoms with Crippen molar-refractivity contribution in [1.82, 2.24) is 4.90 Å². The van der Waals surface area contributed by atoms with E-state index < -0.39 is 16.1 Å². The van der Waals surface area contributed by atoms with Gasteiger partial charge < -0.3 is 0 Å². The molecule has 0 aliphatic carbocycles. The molecule has 110 valence electrons. The van der Waals surface area contributed by atoms with Crippen LogP contribution in [-0.4, -0.2) is 34.0 Å². The minimum atomic E-state index is -0.785. The van der Waals surface area contributed by atoms with Crippen LogP contribution in [0.5, 0.6) is 0 Å². The number of nitro groups is 1. The van der Waals surface area contributed by atoms with Crippen molar-refractivity contribution < 1.29 is 19.3 Å². The number of non-ortho nitro benzene ring substituents is 1. The van der Waals surface area contributed by atoms with Crippen LogP contribution in [0.3, 0.4) is 0 Å². The molecule has 1 fully saturated rings. The first-order valence-electron chi connectivity index (χ1n) is 6.35. The zero-order chi connectivity index (χ0) is 15.8. The van der Waals surface area contributed by atoms with Crippen LogP contribution in [0.2, 0.25) is 0 Å². The number of benzene rings is 1. The van der Waals surface area contributed by atoms with Gasteiger partial charge in [0.05, 0.1) is 16.9 Å². The molecule has 0 unspecified atom stereocenters. The van der Waals surface area contributed by atoms with Crippen molar-refractivity contribution >= 4 is 23.3 Å². The molecule has 0 radical (unpaired) electrons. The molecule has 1 aliphatic heterocycles. The van der Waals surface area contributed by atoms with Gasteiger partial charge >= 0.3 is 0 Å². The average molecular weight is 290 g/mol. The second kappa shape index (κ2) is 5.08. The summed E-state index contributed by atoms with van der Waals surface area (Å²) >= 11 is 0. The van der Waals surface area contributed by atoms with E-state index in [1.54, 1.807) is 13.8 Å². The first-order valence-corrected chi connectivity index (χ1v) is 6.35. The summed E-state index contributed by atoms with van der Waals surface area (Å²) in [5, 5.41) is 10.5. The van der Waals surface area contributed by atoms with E-state index in [1.807, 2.05) is 0 Å². The van der Waals surface area contributed by atoms with E-state index in [2.05, 4.69) is 0 Å². The topological polar surface area (TPSA) is 97.6 Å². The molecule has 0 spiro atoms. The first kappa shape index (κ1) is 14.8. The number of Topliss-reactive ketones (excluding diaryl/α,β-unsaturated/α-hetero) is 1. The molecular formula is C14H14N2O5. The number of ketones is 1. The summed E-state index contributed by atoms with van der Waals surface area (Å²) in [6, 6.07) is 5.06. The number of carbonyl (C=O) groups is 3. The second-order valence-corrected chi connectivity index (χ2v) is 5.57. The lowest BCUT2D eigenvalue weighted by molar-refractivity contribution is -0.384. The van der Waals surface area contributed by atoms with Crippen LogP contribution in [0.4, 0.5) is 5.69 Å². The Morgan fingerprint density at radius 3 is 2.29 bits per heavy atom. The van der Waals surface area contributed by atoms with Gasteiger partial charge in [-0.1, -0.05) is 13.8 Å². The Labute approximate surface area is 120 Å². The average Bonchev–Trinajstić information content (AvgIpc) is 2.61. The van der Waals surface area contributed by atoms with Gasteiger partial charge in [0.2, 0.25) is 11.8 Å². The Hall–Kier alpha value is -2.57. The molecule has 1 saturated heterocycles. The maximum absolute atomic E-state index is 12.1. The van der Waals surface area contributed by atoms with Crippen molar-refractivity contribution in [3.63, 3.8) is 0 Å². The summed E-state index contributed by atoms with van der Waals surface area (Å²) in [6.07, 6.45) is 0.0827. The van der Waals surface area contributed by atoms with E-state index in [1.165, 1.54) is 24.3 Å². The Morgan fingerprint density at radius 1 is 1.29 bits per heavy atom. The fraction of sp³-hybridized carbons (Fsp3) is 0.357. The number of carbonyl (C=O) groups excluding carboxylic acids is 3. The predicted octanol–water partition coefficient (Wildman–Crippen LogP) is 1.56. The van der Waals surface area contributed by atoms with E-state index in [-0.39, 0.29) is 36.0 Å². The lowest BCUT2D eigenvalue weighted by Crippen LogP contribution is -2.37. The number of hydrogen-bond acceptors (Lipinski definition) is 5. The molecule has 0 atom stereocenters. The van der Waals surface area contributed by atoms with Gasteiger partial charge in [-0.15, -0.1) is 0 Å². The normalized spacial score (nSPS) is 17.1. The molecule has 0 N–H and O–H groups in total. The molecule has 7 heteroatoms. The SMILES string of the molecule is CC1(C)CC(=O)N(CC(=O)c2ccc([N+](=O)[O-])cc2)C1=O. The summed E-state index contributed by atoms with van der Waals surface area (Å²) in [5.41, 5.74) is -0.681. The molecule has 0 bridgehead atoms. The van der Waals surface area contributed by atoms with Gasteiger partial charge in [-0.05, 0) is 12.1 Å². The van der Waals surface area contributed by atoms with Crippen molar-refractivity contribution in [3.05, 3.63) is 39.9 Å². The predicted molar refractivity (Wildman–Crippen MR) is 72.5 cm³/mol. The standard InChI is InChI=1S/C14H14N2O5/c1-14(2)7-12(18)15(13(14)19)8-11(17)9-3-5-10(6-4-9)16(20)21/h3-6H,7-8H2,1-2H3. The zero-order valence-electron chi connectivity index (χ0n) is 11.7. The van der Waals surface area contributed by atoms with Crippen molar-refractivity contribution in [2.75, 3.05) is 6.54 Å². The zero-order valence-corrected chi connectivity index (χ0v) is 11.7. The third-order valence-electron chi connectivity index (χ3n) is 3.42. The van der Waals surface area contributed by atoms with E-state index in [0.717, 1.165) is 4.90 Å². The Balaban J connectivity index is 2.13. The third-order valence-corrected chi connectivity index (χ3v) is 3.42. The summed E-state index contributed by atoms with van der Waals surface area (Å²) < 4.78 is 0. The highest BCUT2D eigenvalue weighted by Gasteiger charge is 2.45. The summed E-state index contributed by atoms with van der Waals surface area (Å²) in [5.74, 6) is -1.17. The third kappa shape index (κ3) is 2.81. The lowest BCUT2D eigenvalue weighted by Gasteiger charge is -2.16. The second-order valence-electron chi connectivity index (χ2n) is 5.57. The van der Waals surface area contributed by atoms with Crippen LogP contribution in [0.25, 0.3) is 0 Å². The summed E-state index contributed by atoms with van der Waals surface area (Å²) in [6.45, 7) is 2.98. The van der Waals surface area contributed by atoms with Crippen molar-refractivity contribution in [2.24, 2.45) is 5.41 Å². The van der Waals surface area contributed by atoms with Crippen molar-refractivity contribution in [2.45, 2.75) is 20.3 Å². The minimum Gasteiger partial charge on any atom is -0.292 e. The fourth-order valence-corrected chi connectivity index (χ4v) is 2.19. The highest BCUT2D eigenvalue weighted by Crippen LogP contribution is 2.31. The number of rotatable bonds is 4. The van der Waals surface area contributed by atoms with Crippen LogP contribution in [0, 0.1) is 15.5 Å². The summed E-state index contributed by atoms with van der Waals surface area (Å²) in [4.78, 5) is 46.8. The number of nitro benzene ring substituents is 1. The lowest BCUT2D eigenvalue weighted by atomic mass is 9.92. The molecule has 0 aromatic heterocycles. The Bertz CT molecular complexity index is 633. The molecule has 0 saturated carbocycles. The fourth-order valence-electron chi connectivity index (χ4n) is 2.19. The van der Waals surface area contributed by atoms with Gasteiger partial charge in [0.1, 0.15) is 0 Å². The van der Waals surface area contributed by atoms with Gasteiger partial charge in [0.25, 0.3) is 5.69 Å². The monoisotopic (exact) mass is 290 g/mol. The van der Waals surface area contributed by atoms with Crippen LogP contribution >= 0.6 is 0 Å². The number of likely N-dealkylation sites (tertiary alicyclic amines) is 1. The Kier molecular flexibility index (Phi) is 3.59. The highest BCUT2D eigenvalue weighted by atomic mass is 16.6. The number of nitrogens with zero attached hydrogens (tertiary/aromatic N) is 2. The molecule has 1 aromatic carbocycles. The maximum atomic E-state index is 12.1. The van der Waals surface area contributed by atoms with Gasteiger partial charge in [0, 0.05) is 24.1 Å². The molecule has 21 heavy (non-hydrogen) atoms. The highest BCUT2D eigenvalue weighted by molar-refractivity contribution is 6.10. The van der Waals surface area contributed by atoms with Crippen molar-refractivity contribution in [1.29, 1.82) is 0 Å². The maximum Gasteiger partial charge on any atom is 0.269 e. The molecule has 7 nitrogen and oxygen atoms in total. The number of imide groups is 1. The smallest absolute Gasteiger partial charge is 0.269 e. The molecule has 2 rings (SSSR count). The molecule has 1 aromatic rings. The van der Waals surface area contributed by atoms with Crippen molar-refractivity contribution in [3.8, 4) is 0 Å². The van der Waals surface area contributed by atoms with E-state index in [4.69, 9.17) is 0 Å². The van der Waals surface area contributed by atoms with Gasteiger partial charge in [-0.25, -0.2) is 0 Å². The van der Waals surface area contributed by atoms with Gasteiger partial charge in [0.15, 0.2) is 5.78 Å². The van der Waals surface area contributed by atoms with E-state index in [0.29, 0.717) is 0 Å².